The lowest BCUT2D eigenvalue weighted by atomic mass is 9.93. The first-order valence-electron chi connectivity index (χ1n) is 7.43. The van der Waals surface area contributed by atoms with Gasteiger partial charge < -0.3 is 10.1 Å². The zero-order chi connectivity index (χ0) is 14.7. The van der Waals surface area contributed by atoms with Gasteiger partial charge in [-0.1, -0.05) is 52.3 Å². The Morgan fingerprint density at radius 2 is 2.00 bits per heavy atom. The number of ether oxygens (including phenoxy) is 1. The summed E-state index contributed by atoms with van der Waals surface area (Å²) in [5.74, 6) is 1.01. The molecule has 0 fully saturated rings. The Balaban J connectivity index is 1.71. The van der Waals surface area contributed by atoms with Crippen molar-refractivity contribution in [3.63, 3.8) is 0 Å². The molecule has 0 spiro atoms. The molecule has 0 amide bonds. The standard InChI is InChI=1S/C18H20BrNO/c1-20-17-12-15(9-7-13-5-3-2-4-6-13)21-18-11-14(19)8-10-16(17)18/h2-6,8,10-11,15,17,20H,7,9,12H2,1H3. The summed E-state index contributed by atoms with van der Waals surface area (Å²) in [5, 5.41) is 3.41. The molecule has 1 heterocycles. The monoisotopic (exact) mass is 345 g/mol. The van der Waals surface area contributed by atoms with E-state index in [4.69, 9.17) is 4.74 Å². The van der Waals surface area contributed by atoms with E-state index >= 15 is 0 Å². The Bertz CT molecular complexity index is 599. The highest BCUT2D eigenvalue weighted by Crippen LogP contribution is 2.37. The van der Waals surface area contributed by atoms with E-state index in [0.717, 1.165) is 29.5 Å². The zero-order valence-corrected chi connectivity index (χ0v) is 13.8. The summed E-state index contributed by atoms with van der Waals surface area (Å²) >= 11 is 3.53. The van der Waals surface area contributed by atoms with Crippen LogP contribution < -0.4 is 10.1 Å². The molecular weight excluding hydrogens is 326 g/mol. The number of aryl methyl sites for hydroxylation is 1. The van der Waals surface area contributed by atoms with Crippen LogP contribution in [0.5, 0.6) is 5.75 Å². The minimum atomic E-state index is 0.268. The molecule has 21 heavy (non-hydrogen) atoms. The Kier molecular flexibility index (Phi) is 4.61. The second-order valence-corrected chi connectivity index (χ2v) is 6.44. The quantitative estimate of drug-likeness (QED) is 0.881. The molecule has 1 aliphatic rings. The normalized spacial score (nSPS) is 20.7. The molecule has 0 saturated carbocycles. The molecule has 3 heteroatoms. The van der Waals surface area contributed by atoms with Gasteiger partial charge >= 0.3 is 0 Å². The average Bonchev–Trinajstić information content (AvgIpc) is 2.52. The van der Waals surface area contributed by atoms with Crippen LogP contribution in [0.15, 0.2) is 53.0 Å². The van der Waals surface area contributed by atoms with Crippen LogP contribution in [0.4, 0.5) is 0 Å². The lowest BCUT2D eigenvalue weighted by Crippen LogP contribution is -2.31. The summed E-state index contributed by atoms with van der Waals surface area (Å²) in [4.78, 5) is 0. The van der Waals surface area contributed by atoms with Crippen LogP contribution in [0.25, 0.3) is 0 Å². The maximum Gasteiger partial charge on any atom is 0.125 e. The third-order valence-corrected chi connectivity index (χ3v) is 4.58. The molecule has 2 atom stereocenters. The first-order valence-corrected chi connectivity index (χ1v) is 8.23. The fourth-order valence-electron chi connectivity index (χ4n) is 2.94. The van der Waals surface area contributed by atoms with Gasteiger partial charge in [0.25, 0.3) is 0 Å². The minimum absolute atomic E-state index is 0.268. The molecule has 2 aromatic rings. The highest BCUT2D eigenvalue weighted by molar-refractivity contribution is 9.10. The van der Waals surface area contributed by atoms with Crippen molar-refractivity contribution in [2.75, 3.05) is 7.05 Å². The van der Waals surface area contributed by atoms with Crippen LogP contribution in [0.3, 0.4) is 0 Å². The highest BCUT2D eigenvalue weighted by atomic mass is 79.9. The van der Waals surface area contributed by atoms with Gasteiger partial charge in [-0.05, 0) is 37.6 Å². The van der Waals surface area contributed by atoms with E-state index in [0.29, 0.717) is 6.04 Å². The lowest BCUT2D eigenvalue weighted by Gasteiger charge is -2.32. The van der Waals surface area contributed by atoms with Gasteiger partial charge in [0.2, 0.25) is 0 Å². The summed E-state index contributed by atoms with van der Waals surface area (Å²) in [5.41, 5.74) is 2.64. The Labute approximate surface area is 134 Å². The summed E-state index contributed by atoms with van der Waals surface area (Å²) in [6, 6.07) is 17.3. The van der Waals surface area contributed by atoms with Crippen LogP contribution in [0, 0.1) is 0 Å². The van der Waals surface area contributed by atoms with Crippen molar-refractivity contribution in [2.45, 2.75) is 31.4 Å². The molecule has 1 N–H and O–H groups in total. The summed E-state index contributed by atoms with van der Waals surface area (Å²) in [6.45, 7) is 0. The zero-order valence-electron chi connectivity index (χ0n) is 12.2. The van der Waals surface area contributed by atoms with Gasteiger partial charge in [-0.25, -0.2) is 0 Å². The number of hydrogen-bond donors (Lipinski definition) is 1. The molecule has 2 aromatic carbocycles. The summed E-state index contributed by atoms with van der Waals surface area (Å²) in [7, 11) is 2.02. The molecule has 2 unspecified atom stereocenters. The third kappa shape index (κ3) is 3.47. The topological polar surface area (TPSA) is 21.3 Å². The van der Waals surface area contributed by atoms with Gasteiger partial charge in [-0.3, -0.25) is 0 Å². The highest BCUT2D eigenvalue weighted by Gasteiger charge is 2.27. The van der Waals surface area contributed by atoms with Gasteiger partial charge in [0.1, 0.15) is 11.9 Å². The SMILES string of the molecule is CNC1CC(CCc2ccccc2)Oc2cc(Br)ccc21. The first-order chi connectivity index (χ1) is 10.3. The molecule has 0 aromatic heterocycles. The van der Waals surface area contributed by atoms with Crippen molar-refractivity contribution in [1.82, 2.24) is 5.32 Å². The second kappa shape index (κ2) is 6.63. The van der Waals surface area contributed by atoms with Crippen LogP contribution in [0.2, 0.25) is 0 Å². The number of nitrogens with one attached hydrogen (secondary N) is 1. The van der Waals surface area contributed by atoms with Crippen LogP contribution in [-0.2, 0) is 6.42 Å². The van der Waals surface area contributed by atoms with Gasteiger partial charge in [-0.15, -0.1) is 0 Å². The van der Waals surface area contributed by atoms with Crippen molar-refractivity contribution < 1.29 is 4.74 Å². The van der Waals surface area contributed by atoms with Gasteiger partial charge in [0.15, 0.2) is 0 Å². The fraction of sp³-hybridized carbons (Fsp3) is 0.333. The second-order valence-electron chi connectivity index (χ2n) is 5.52. The van der Waals surface area contributed by atoms with E-state index in [2.05, 4.69) is 69.8 Å². The van der Waals surface area contributed by atoms with Crippen molar-refractivity contribution in [3.8, 4) is 5.75 Å². The molecule has 110 valence electrons. The van der Waals surface area contributed by atoms with Gasteiger partial charge in [0.05, 0.1) is 0 Å². The van der Waals surface area contributed by atoms with Crippen LogP contribution in [0.1, 0.15) is 30.0 Å². The van der Waals surface area contributed by atoms with Crippen molar-refractivity contribution in [2.24, 2.45) is 0 Å². The van der Waals surface area contributed by atoms with Crippen molar-refractivity contribution in [1.29, 1.82) is 0 Å². The molecular formula is C18H20BrNO. The Morgan fingerprint density at radius 3 is 2.76 bits per heavy atom. The number of halogens is 1. The maximum atomic E-state index is 6.20. The van der Waals surface area contributed by atoms with E-state index in [1.54, 1.807) is 0 Å². The molecule has 3 rings (SSSR count). The molecule has 0 aliphatic carbocycles. The molecule has 0 saturated heterocycles. The van der Waals surface area contributed by atoms with Crippen molar-refractivity contribution in [3.05, 3.63) is 64.1 Å². The largest absolute Gasteiger partial charge is 0.490 e. The molecule has 0 bridgehead atoms. The van der Waals surface area contributed by atoms with E-state index in [-0.39, 0.29) is 6.10 Å². The molecule has 2 nitrogen and oxygen atoms in total. The molecule has 1 aliphatic heterocycles. The van der Waals surface area contributed by atoms with E-state index < -0.39 is 0 Å². The number of fused-ring (bicyclic) bond motifs is 1. The van der Waals surface area contributed by atoms with E-state index in [1.807, 2.05) is 7.05 Å². The fourth-order valence-corrected chi connectivity index (χ4v) is 3.28. The van der Waals surface area contributed by atoms with Crippen LogP contribution >= 0.6 is 15.9 Å². The lowest BCUT2D eigenvalue weighted by molar-refractivity contribution is 0.143. The minimum Gasteiger partial charge on any atom is -0.490 e. The van der Waals surface area contributed by atoms with E-state index in [9.17, 15) is 0 Å². The predicted octanol–water partition coefficient (Wildman–Crippen LogP) is 4.49. The van der Waals surface area contributed by atoms with Gasteiger partial charge in [-0.2, -0.15) is 0 Å². The number of benzene rings is 2. The maximum absolute atomic E-state index is 6.20. The number of rotatable bonds is 4. The summed E-state index contributed by atoms with van der Waals surface area (Å²) in [6.07, 6.45) is 3.40. The third-order valence-electron chi connectivity index (χ3n) is 4.09. The predicted molar refractivity (Wildman–Crippen MR) is 89.7 cm³/mol. The van der Waals surface area contributed by atoms with Crippen molar-refractivity contribution >= 4 is 15.9 Å². The Morgan fingerprint density at radius 1 is 1.19 bits per heavy atom. The Hall–Kier alpha value is -1.32. The average molecular weight is 346 g/mol. The molecule has 0 radical (unpaired) electrons. The van der Waals surface area contributed by atoms with Crippen LogP contribution in [-0.4, -0.2) is 13.2 Å². The summed E-state index contributed by atoms with van der Waals surface area (Å²) < 4.78 is 7.27. The first kappa shape index (κ1) is 14.6. The van der Waals surface area contributed by atoms with E-state index in [1.165, 1.54) is 11.1 Å². The smallest absolute Gasteiger partial charge is 0.125 e. The number of hydrogen-bond acceptors (Lipinski definition) is 2. The van der Waals surface area contributed by atoms with Gasteiger partial charge in [0, 0.05) is 22.5 Å².